The number of unbranched alkanes of at least 4 members (excludes halogenated alkanes) is 1. The molecule has 130 valence electrons. The highest BCUT2D eigenvalue weighted by molar-refractivity contribution is 6.02. The largest absolute Gasteiger partial charge is 0.381 e. The van der Waals surface area contributed by atoms with Gasteiger partial charge in [-0.3, -0.25) is 0 Å². The van der Waals surface area contributed by atoms with Gasteiger partial charge in [-0.15, -0.1) is 0 Å². The van der Waals surface area contributed by atoms with E-state index in [1.54, 1.807) is 0 Å². The van der Waals surface area contributed by atoms with Gasteiger partial charge in [-0.2, -0.15) is 0 Å². The maximum absolute atomic E-state index is 3.63. The van der Waals surface area contributed by atoms with Crippen molar-refractivity contribution >= 4 is 27.2 Å². The fourth-order valence-corrected chi connectivity index (χ4v) is 3.66. The van der Waals surface area contributed by atoms with E-state index in [0.717, 1.165) is 6.54 Å². The van der Waals surface area contributed by atoms with Crippen molar-refractivity contribution in [3.63, 3.8) is 0 Å². The Hall–Kier alpha value is -2.80. The van der Waals surface area contributed by atoms with Crippen molar-refractivity contribution in [2.75, 3.05) is 5.32 Å². The SMILES string of the molecule is CCCCc1ccc(NCc2c3ccccc3cc3ccccc23)cc1. The average molecular weight is 339 g/mol. The van der Waals surface area contributed by atoms with Gasteiger partial charge in [0.05, 0.1) is 0 Å². The Morgan fingerprint density at radius 1 is 0.731 bits per heavy atom. The minimum absolute atomic E-state index is 0.830. The van der Waals surface area contributed by atoms with E-state index in [0.29, 0.717) is 0 Å². The van der Waals surface area contributed by atoms with Crippen LogP contribution in [0.5, 0.6) is 0 Å². The molecule has 0 amide bonds. The van der Waals surface area contributed by atoms with E-state index in [1.807, 2.05) is 0 Å². The predicted molar refractivity (Wildman–Crippen MR) is 114 cm³/mol. The first-order chi connectivity index (χ1) is 12.8. The second-order valence-corrected chi connectivity index (χ2v) is 6.95. The zero-order valence-electron chi connectivity index (χ0n) is 15.3. The molecule has 0 aromatic heterocycles. The topological polar surface area (TPSA) is 12.0 Å². The zero-order valence-corrected chi connectivity index (χ0v) is 15.3. The first-order valence-electron chi connectivity index (χ1n) is 9.57. The van der Waals surface area contributed by atoms with Crippen molar-refractivity contribution in [3.05, 3.63) is 90.0 Å². The van der Waals surface area contributed by atoms with E-state index in [2.05, 4.69) is 91.1 Å². The van der Waals surface area contributed by atoms with Gasteiger partial charge >= 0.3 is 0 Å². The summed E-state index contributed by atoms with van der Waals surface area (Å²) < 4.78 is 0. The molecule has 0 bridgehead atoms. The van der Waals surface area contributed by atoms with Crippen LogP contribution in [0.2, 0.25) is 0 Å². The standard InChI is InChI=1S/C25H25N/c1-2-3-8-19-13-15-22(16-14-19)26-18-25-23-11-6-4-9-20(23)17-21-10-5-7-12-24(21)25/h4-7,9-17,26H,2-3,8,18H2,1H3. The Morgan fingerprint density at radius 3 is 1.96 bits per heavy atom. The van der Waals surface area contributed by atoms with Crippen molar-refractivity contribution in [1.29, 1.82) is 0 Å². The lowest BCUT2D eigenvalue weighted by molar-refractivity contribution is 0.795. The Kier molecular flexibility index (Phi) is 4.88. The van der Waals surface area contributed by atoms with Gasteiger partial charge in [0.15, 0.2) is 0 Å². The number of hydrogen-bond acceptors (Lipinski definition) is 1. The summed E-state index contributed by atoms with van der Waals surface area (Å²) in [5.41, 5.74) is 3.98. The van der Waals surface area contributed by atoms with E-state index in [1.165, 1.54) is 57.6 Å². The van der Waals surface area contributed by atoms with Crippen molar-refractivity contribution < 1.29 is 0 Å². The van der Waals surface area contributed by atoms with Crippen LogP contribution in [-0.2, 0) is 13.0 Å². The van der Waals surface area contributed by atoms with Crippen molar-refractivity contribution in [3.8, 4) is 0 Å². The minimum atomic E-state index is 0.830. The molecule has 0 atom stereocenters. The molecule has 0 heterocycles. The van der Waals surface area contributed by atoms with E-state index < -0.39 is 0 Å². The molecule has 0 saturated heterocycles. The molecule has 4 aromatic carbocycles. The molecule has 0 aliphatic heterocycles. The summed E-state index contributed by atoms with van der Waals surface area (Å²) in [6, 6.07) is 28.5. The van der Waals surface area contributed by atoms with Gasteiger partial charge in [-0.05, 0) is 63.7 Å². The van der Waals surface area contributed by atoms with Crippen molar-refractivity contribution in [2.45, 2.75) is 32.7 Å². The molecular formula is C25H25N. The van der Waals surface area contributed by atoms with Gasteiger partial charge < -0.3 is 5.32 Å². The minimum Gasteiger partial charge on any atom is -0.381 e. The summed E-state index contributed by atoms with van der Waals surface area (Å²) in [6.45, 7) is 3.07. The van der Waals surface area contributed by atoms with Crippen LogP contribution in [0.15, 0.2) is 78.9 Å². The summed E-state index contributed by atoms with van der Waals surface area (Å²) in [7, 11) is 0. The zero-order chi connectivity index (χ0) is 17.8. The normalized spacial score (nSPS) is 11.1. The van der Waals surface area contributed by atoms with Crippen LogP contribution in [0.3, 0.4) is 0 Å². The fourth-order valence-electron chi connectivity index (χ4n) is 3.66. The highest BCUT2D eigenvalue weighted by atomic mass is 14.9. The van der Waals surface area contributed by atoms with Crippen molar-refractivity contribution in [2.24, 2.45) is 0 Å². The molecule has 0 aliphatic rings. The molecule has 1 heteroatoms. The van der Waals surface area contributed by atoms with Crippen LogP contribution >= 0.6 is 0 Å². The van der Waals surface area contributed by atoms with Crippen LogP contribution in [0, 0.1) is 0 Å². The fraction of sp³-hybridized carbons (Fsp3) is 0.200. The van der Waals surface area contributed by atoms with Crippen LogP contribution in [-0.4, -0.2) is 0 Å². The molecule has 0 saturated carbocycles. The lowest BCUT2D eigenvalue weighted by atomic mass is 9.96. The van der Waals surface area contributed by atoms with Crippen molar-refractivity contribution in [1.82, 2.24) is 0 Å². The molecule has 1 N–H and O–H groups in total. The predicted octanol–water partition coefficient (Wildman–Crippen LogP) is 6.95. The third-order valence-corrected chi connectivity index (χ3v) is 5.13. The molecule has 4 aromatic rings. The number of anilines is 1. The summed E-state index contributed by atoms with van der Waals surface area (Å²) >= 11 is 0. The lowest BCUT2D eigenvalue weighted by Gasteiger charge is -2.13. The molecule has 26 heavy (non-hydrogen) atoms. The maximum Gasteiger partial charge on any atom is 0.0413 e. The van der Waals surface area contributed by atoms with Gasteiger partial charge in [-0.1, -0.05) is 74.0 Å². The Labute approximate surface area is 155 Å². The number of nitrogens with one attached hydrogen (secondary N) is 1. The smallest absolute Gasteiger partial charge is 0.0413 e. The lowest BCUT2D eigenvalue weighted by Crippen LogP contribution is -2.01. The van der Waals surface area contributed by atoms with Crippen LogP contribution < -0.4 is 5.32 Å². The number of hydrogen-bond donors (Lipinski definition) is 1. The molecule has 0 radical (unpaired) electrons. The second-order valence-electron chi connectivity index (χ2n) is 6.95. The molecule has 1 nitrogen and oxygen atoms in total. The Balaban J connectivity index is 1.63. The van der Waals surface area contributed by atoms with Gasteiger partial charge in [0, 0.05) is 12.2 Å². The molecule has 0 aliphatic carbocycles. The summed E-state index contributed by atoms with van der Waals surface area (Å²) in [5, 5.41) is 8.90. The molecule has 0 spiro atoms. The Bertz CT molecular complexity index is 961. The first-order valence-corrected chi connectivity index (χ1v) is 9.57. The highest BCUT2D eigenvalue weighted by Gasteiger charge is 2.07. The van der Waals surface area contributed by atoms with Gasteiger partial charge in [-0.25, -0.2) is 0 Å². The van der Waals surface area contributed by atoms with E-state index in [4.69, 9.17) is 0 Å². The second kappa shape index (κ2) is 7.61. The molecule has 0 fully saturated rings. The molecular weight excluding hydrogens is 314 g/mol. The third kappa shape index (κ3) is 3.43. The van der Waals surface area contributed by atoms with Crippen LogP contribution in [0.25, 0.3) is 21.5 Å². The summed E-state index contributed by atoms with van der Waals surface area (Å²) in [4.78, 5) is 0. The van der Waals surface area contributed by atoms with Gasteiger partial charge in [0.1, 0.15) is 0 Å². The number of rotatable bonds is 6. The third-order valence-electron chi connectivity index (χ3n) is 5.13. The number of benzene rings is 4. The van der Waals surface area contributed by atoms with E-state index >= 15 is 0 Å². The monoisotopic (exact) mass is 339 g/mol. The van der Waals surface area contributed by atoms with Crippen LogP contribution in [0.1, 0.15) is 30.9 Å². The van der Waals surface area contributed by atoms with E-state index in [-0.39, 0.29) is 0 Å². The van der Waals surface area contributed by atoms with Crippen LogP contribution in [0.4, 0.5) is 5.69 Å². The quantitative estimate of drug-likeness (QED) is 0.375. The Morgan fingerprint density at radius 2 is 1.35 bits per heavy atom. The first kappa shape index (κ1) is 16.7. The summed E-state index contributed by atoms with van der Waals surface area (Å²) in [6.07, 6.45) is 3.67. The average Bonchev–Trinajstić information content (AvgIpc) is 2.70. The summed E-state index contributed by atoms with van der Waals surface area (Å²) in [5.74, 6) is 0. The maximum atomic E-state index is 3.63. The van der Waals surface area contributed by atoms with Gasteiger partial charge in [0.25, 0.3) is 0 Å². The number of fused-ring (bicyclic) bond motifs is 2. The highest BCUT2D eigenvalue weighted by Crippen LogP contribution is 2.29. The van der Waals surface area contributed by atoms with E-state index in [9.17, 15) is 0 Å². The number of aryl methyl sites for hydroxylation is 1. The van der Waals surface area contributed by atoms with Gasteiger partial charge in [0.2, 0.25) is 0 Å². The molecule has 4 rings (SSSR count). The molecule has 0 unspecified atom stereocenters.